The first-order valence-electron chi connectivity index (χ1n) is 4.88. The van der Waals surface area contributed by atoms with Gasteiger partial charge in [-0.05, 0) is 18.2 Å². The minimum absolute atomic E-state index is 0.149. The Morgan fingerprint density at radius 2 is 2.31 bits per heavy atom. The Balaban J connectivity index is 2.49. The van der Waals surface area contributed by atoms with Gasteiger partial charge in [-0.25, -0.2) is 0 Å². The molecule has 0 aromatic heterocycles. The molecule has 1 aromatic rings. The summed E-state index contributed by atoms with van der Waals surface area (Å²) in [7, 11) is 1.62. The number of nitrogens with two attached hydrogens (primary N) is 1. The zero-order chi connectivity index (χ0) is 11.7. The van der Waals surface area contributed by atoms with Gasteiger partial charge < -0.3 is 15.4 Å². The van der Waals surface area contributed by atoms with Crippen molar-refractivity contribution in [3.63, 3.8) is 0 Å². The van der Waals surface area contributed by atoms with Gasteiger partial charge in [0.25, 0.3) is 0 Å². The topological polar surface area (TPSA) is 72.6 Å². The van der Waals surface area contributed by atoms with Crippen molar-refractivity contribution in [1.29, 1.82) is 0 Å². The average Bonchev–Trinajstić information content (AvgIpc) is 2.42. The number of aldehydes is 1. The Hall–Kier alpha value is -1.88. The number of amides is 1. The van der Waals surface area contributed by atoms with Crippen LogP contribution in [-0.2, 0) is 4.79 Å². The van der Waals surface area contributed by atoms with Crippen molar-refractivity contribution in [2.45, 2.75) is 6.04 Å². The molecule has 0 radical (unpaired) electrons. The Bertz CT molecular complexity index is 445. The second-order valence-electron chi connectivity index (χ2n) is 3.66. The first-order chi connectivity index (χ1) is 7.63. The molecule has 1 aliphatic heterocycles. The molecule has 0 bridgehead atoms. The van der Waals surface area contributed by atoms with Gasteiger partial charge in [0.05, 0.1) is 5.69 Å². The van der Waals surface area contributed by atoms with Gasteiger partial charge in [0.2, 0.25) is 5.91 Å². The maximum absolute atomic E-state index is 11.7. The van der Waals surface area contributed by atoms with E-state index in [0.717, 1.165) is 6.29 Å². The van der Waals surface area contributed by atoms with Crippen LogP contribution in [0.4, 0.5) is 5.69 Å². The van der Waals surface area contributed by atoms with Gasteiger partial charge in [0, 0.05) is 12.6 Å². The van der Waals surface area contributed by atoms with E-state index in [2.05, 4.69) is 0 Å². The van der Waals surface area contributed by atoms with E-state index in [9.17, 15) is 9.59 Å². The SMILES string of the molecule is CN1C(=O)[C@@H](N)COc2ccc(C=O)cc21. The summed E-state index contributed by atoms with van der Waals surface area (Å²) in [6.45, 7) is 0.149. The number of carbonyl (C=O) groups is 2. The van der Waals surface area contributed by atoms with Gasteiger partial charge in [-0.1, -0.05) is 0 Å². The number of hydrogen-bond acceptors (Lipinski definition) is 4. The number of likely N-dealkylation sites (N-methyl/N-ethyl adjacent to an activating group) is 1. The second kappa shape index (κ2) is 3.94. The van der Waals surface area contributed by atoms with Crippen molar-refractivity contribution in [2.75, 3.05) is 18.6 Å². The quantitative estimate of drug-likeness (QED) is 0.685. The van der Waals surface area contributed by atoms with Crippen molar-refractivity contribution in [3.8, 4) is 5.75 Å². The summed E-state index contributed by atoms with van der Waals surface area (Å²) in [5, 5.41) is 0. The number of rotatable bonds is 1. The van der Waals surface area contributed by atoms with Gasteiger partial charge in [-0.3, -0.25) is 9.59 Å². The summed E-state index contributed by atoms with van der Waals surface area (Å²) in [6.07, 6.45) is 0.726. The standard InChI is InChI=1S/C11H12N2O3/c1-13-9-4-7(5-14)2-3-10(9)16-6-8(12)11(13)15/h2-5,8H,6,12H2,1H3/t8-/m0/s1. The summed E-state index contributed by atoms with van der Waals surface area (Å²) in [6, 6.07) is 4.25. The smallest absolute Gasteiger partial charge is 0.247 e. The molecule has 0 aliphatic carbocycles. The van der Waals surface area contributed by atoms with Crippen LogP contribution in [0.2, 0.25) is 0 Å². The van der Waals surface area contributed by atoms with Crippen LogP contribution < -0.4 is 15.4 Å². The molecule has 1 amide bonds. The van der Waals surface area contributed by atoms with Crippen molar-refractivity contribution in [3.05, 3.63) is 23.8 Å². The highest BCUT2D eigenvalue weighted by atomic mass is 16.5. The third-order valence-corrected chi connectivity index (χ3v) is 2.55. The van der Waals surface area contributed by atoms with Crippen molar-refractivity contribution in [1.82, 2.24) is 0 Å². The molecule has 1 atom stereocenters. The molecular formula is C11H12N2O3. The highest BCUT2D eigenvalue weighted by Crippen LogP contribution is 2.30. The highest BCUT2D eigenvalue weighted by Gasteiger charge is 2.26. The van der Waals surface area contributed by atoms with Crippen molar-refractivity contribution < 1.29 is 14.3 Å². The monoisotopic (exact) mass is 220 g/mol. The number of nitrogens with zero attached hydrogens (tertiary/aromatic N) is 1. The molecule has 5 nitrogen and oxygen atoms in total. The lowest BCUT2D eigenvalue weighted by Gasteiger charge is -2.17. The molecule has 1 heterocycles. The lowest BCUT2D eigenvalue weighted by Crippen LogP contribution is -2.43. The maximum atomic E-state index is 11.7. The number of fused-ring (bicyclic) bond motifs is 1. The minimum Gasteiger partial charge on any atom is -0.489 e. The predicted octanol–water partition coefficient (Wildman–Crippen LogP) is 0.182. The molecular weight excluding hydrogens is 208 g/mol. The van der Waals surface area contributed by atoms with E-state index in [-0.39, 0.29) is 12.5 Å². The lowest BCUT2D eigenvalue weighted by molar-refractivity contribution is -0.119. The minimum atomic E-state index is -0.669. The Morgan fingerprint density at radius 3 is 3.00 bits per heavy atom. The summed E-state index contributed by atoms with van der Waals surface area (Å²) in [5.41, 5.74) is 6.70. The fourth-order valence-electron chi connectivity index (χ4n) is 1.61. The van der Waals surface area contributed by atoms with E-state index in [1.807, 2.05) is 0 Å². The molecule has 5 heteroatoms. The first kappa shape index (κ1) is 10.6. The third-order valence-electron chi connectivity index (χ3n) is 2.55. The zero-order valence-electron chi connectivity index (χ0n) is 8.84. The molecule has 0 spiro atoms. The van der Waals surface area contributed by atoms with Crippen LogP contribution in [0.15, 0.2) is 18.2 Å². The Kier molecular flexibility index (Phi) is 2.62. The fourth-order valence-corrected chi connectivity index (χ4v) is 1.61. The normalized spacial score (nSPS) is 19.8. The molecule has 1 aromatic carbocycles. The first-order valence-corrected chi connectivity index (χ1v) is 4.88. The van der Waals surface area contributed by atoms with Crippen molar-refractivity contribution >= 4 is 17.9 Å². The highest BCUT2D eigenvalue weighted by molar-refractivity contribution is 5.99. The molecule has 0 unspecified atom stereocenters. The van der Waals surface area contributed by atoms with Gasteiger partial charge in [-0.2, -0.15) is 0 Å². The van der Waals surface area contributed by atoms with Crippen molar-refractivity contribution in [2.24, 2.45) is 5.73 Å². The van der Waals surface area contributed by atoms with Gasteiger partial charge in [0.15, 0.2) is 0 Å². The molecule has 0 saturated heterocycles. The van der Waals surface area contributed by atoms with E-state index in [4.69, 9.17) is 10.5 Å². The van der Waals surface area contributed by atoms with Crippen LogP contribution in [0.25, 0.3) is 0 Å². The van der Waals surface area contributed by atoms with Crippen LogP contribution in [0.5, 0.6) is 5.75 Å². The third kappa shape index (κ3) is 1.65. The largest absolute Gasteiger partial charge is 0.489 e. The molecule has 2 rings (SSSR count). The van der Waals surface area contributed by atoms with E-state index >= 15 is 0 Å². The van der Waals surface area contributed by atoms with E-state index in [1.54, 1.807) is 25.2 Å². The van der Waals surface area contributed by atoms with Crippen LogP contribution in [0, 0.1) is 0 Å². The number of benzene rings is 1. The van der Waals surface area contributed by atoms with E-state index < -0.39 is 6.04 Å². The zero-order valence-corrected chi connectivity index (χ0v) is 8.84. The summed E-state index contributed by atoms with van der Waals surface area (Å²) < 4.78 is 5.40. The number of ether oxygens (including phenoxy) is 1. The van der Waals surface area contributed by atoms with Crippen LogP contribution in [-0.4, -0.2) is 31.9 Å². The van der Waals surface area contributed by atoms with Gasteiger partial charge in [-0.15, -0.1) is 0 Å². The van der Waals surface area contributed by atoms with Gasteiger partial charge >= 0.3 is 0 Å². The summed E-state index contributed by atoms with van der Waals surface area (Å²) in [5.74, 6) is 0.344. The number of hydrogen-bond donors (Lipinski definition) is 1. The van der Waals surface area contributed by atoms with Gasteiger partial charge in [0.1, 0.15) is 24.7 Å². The lowest BCUT2D eigenvalue weighted by atomic mass is 10.2. The Morgan fingerprint density at radius 1 is 1.56 bits per heavy atom. The molecule has 2 N–H and O–H groups in total. The summed E-state index contributed by atoms with van der Waals surface area (Å²) in [4.78, 5) is 23.8. The average molecular weight is 220 g/mol. The Labute approximate surface area is 92.8 Å². The van der Waals surface area contributed by atoms with Crippen LogP contribution in [0.3, 0.4) is 0 Å². The number of carbonyl (C=O) groups excluding carboxylic acids is 2. The molecule has 1 aliphatic rings. The fraction of sp³-hybridized carbons (Fsp3) is 0.273. The van der Waals surface area contributed by atoms with Crippen LogP contribution >= 0.6 is 0 Å². The molecule has 0 saturated carbocycles. The predicted molar refractivity (Wildman–Crippen MR) is 58.7 cm³/mol. The second-order valence-corrected chi connectivity index (χ2v) is 3.66. The maximum Gasteiger partial charge on any atom is 0.247 e. The molecule has 0 fully saturated rings. The number of anilines is 1. The van der Waals surface area contributed by atoms with E-state index in [0.29, 0.717) is 17.0 Å². The summed E-state index contributed by atoms with van der Waals surface area (Å²) >= 11 is 0. The van der Waals surface area contributed by atoms with E-state index in [1.165, 1.54) is 4.90 Å². The molecule has 84 valence electrons. The van der Waals surface area contributed by atoms with Crippen LogP contribution in [0.1, 0.15) is 10.4 Å². The molecule has 16 heavy (non-hydrogen) atoms.